The number of carboxylic acids is 1. The van der Waals surface area contributed by atoms with E-state index in [1.54, 1.807) is 6.92 Å². The number of urea groups is 1. The van der Waals surface area contributed by atoms with Crippen LogP contribution in [-0.4, -0.2) is 53.1 Å². The van der Waals surface area contributed by atoms with Gasteiger partial charge in [0.1, 0.15) is 5.54 Å². The summed E-state index contributed by atoms with van der Waals surface area (Å²) in [6.45, 7) is 4.30. The molecule has 20 heavy (non-hydrogen) atoms. The molecule has 1 heterocycles. The van der Waals surface area contributed by atoms with E-state index in [4.69, 9.17) is 0 Å². The Hall–Kier alpha value is -1.79. The number of carbonyl (C=O) groups excluding carboxylic acids is 2. The van der Waals surface area contributed by atoms with Crippen molar-refractivity contribution in [3.05, 3.63) is 0 Å². The maximum Gasteiger partial charge on any atom is 0.329 e. The topological polar surface area (TPSA) is 98.7 Å². The van der Waals surface area contributed by atoms with Crippen molar-refractivity contribution >= 4 is 17.9 Å². The zero-order valence-corrected chi connectivity index (χ0v) is 12.1. The lowest BCUT2D eigenvalue weighted by atomic mass is 9.89. The second-order valence-electron chi connectivity index (χ2n) is 5.20. The van der Waals surface area contributed by atoms with Gasteiger partial charge < -0.3 is 20.6 Å². The summed E-state index contributed by atoms with van der Waals surface area (Å²) in [6, 6.07) is -0.499. The number of aliphatic carboxylic acids is 1. The molecule has 1 rings (SSSR count). The molecule has 7 heteroatoms. The molecule has 0 spiro atoms. The Morgan fingerprint density at radius 1 is 1.25 bits per heavy atom. The van der Waals surface area contributed by atoms with Gasteiger partial charge in [0.25, 0.3) is 0 Å². The minimum Gasteiger partial charge on any atom is -0.480 e. The predicted octanol–water partition coefficient (Wildman–Crippen LogP) is 0.551. The van der Waals surface area contributed by atoms with Crippen LogP contribution in [0.4, 0.5) is 4.79 Å². The van der Waals surface area contributed by atoms with E-state index in [0.717, 1.165) is 19.3 Å². The highest BCUT2D eigenvalue weighted by atomic mass is 16.4. The van der Waals surface area contributed by atoms with Crippen molar-refractivity contribution in [1.82, 2.24) is 15.5 Å². The molecule has 1 aliphatic rings. The number of amides is 3. The molecule has 0 bridgehead atoms. The molecule has 0 saturated carbocycles. The van der Waals surface area contributed by atoms with Gasteiger partial charge in [-0.3, -0.25) is 4.79 Å². The lowest BCUT2D eigenvalue weighted by Crippen LogP contribution is -2.60. The monoisotopic (exact) mass is 285 g/mol. The number of nitrogens with one attached hydrogen (secondary N) is 2. The maximum atomic E-state index is 12.1. The van der Waals surface area contributed by atoms with Gasteiger partial charge in [-0.15, -0.1) is 0 Å². The molecule has 1 atom stereocenters. The molecule has 3 amide bonds. The number of hydrogen-bond acceptors (Lipinski definition) is 3. The zero-order chi connectivity index (χ0) is 15.2. The second-order valence-corrected chi connectivity index (χ2v) is 5.20. The Bertz CT molecular complexity index is 386. The number of nitrogens with zero attached hydrogens (tertiary/aromatic N) is 1. The van der Waals surface area contributed by atoms with Crippen molar-refractivity contribution in [2.45, 2.75) is 45.1 Å². The van der Waals surface area contributed by atoms with Crippen molar-refractivity contribution in [2.24, 2.45) is 0 Å². The van der Waals surface area contributed by atoms with E-state index in [9.17, 15) is 19.5 Å². The molecule has 0 radical (unpaired) electrons. The Kier molecular flexibility index (Phi) is 5.79. The Morgan fingerprint density at radius 2 is 1.95 bits per heavy atom. The number of carbonyl (C=O) groups is 3. The molecule has 0 aromatic heterocycles. The molecule has 1 aliphatic heterocycles. The third-order valence-electron chi connectivity index (χ3n) is 3.57. The van der Waals surface area contributed by atoms with Crippen molar-refractivity contribution in [3.8, 4) is 0 Å². The SMILES string of the molecule is CCCNC(=O)CNC(=O)N1CCCCC1(C)C(=O)O. The lowest BCUT2D eigenvalue weighted by molar-refractivity contribution is -0.150. The fourth-order valence-corrected chi connectivity index (χ4v) is 2.25. The molecule has 7 nitrogen and oxygen atoms in total. The number of hydrogen-bond donors (Lipinski definition) is 3. The number of rotatable bonds is 5. The largest absolute Gasteiger partial charge is 0.480 e. The highest BCUT2D eigenvalue weighted by Gasteiger charge is 2.43. The van der Waals surface area contributed by atoms with E-state index in [2.05, 4.69) is 10.6 Å². The van der Waals surface area contributed by atoms with Crippen LogP contribution in [0.5, 0.6) is 0 Å². The number of carboxylic acid groups (broad SMARTS) is 1. The first-order chi connectivity index (χ1) is 9.41. The summed E-state index contributed by atoms with van der Waals surface area (Å²) in [5, 5.41) is 14.4. The summed E-state index contributed by atoms with van der Waals surface area (Å²) in [5.74, 6) is -1.28. The summed E-state index contributed by atoms with van der Waals surface area (Å²) in [4.78, 5) is 36.2. The van der Waals surface area contributed by atoms with Gasteiger partial charge in [-0.2, -0.15) is 0 Å². The van der Waals surface area contributed by atoms with E-state index < -0.39 is 17.5 Å². The summed E-state index contributed by atoms with van der Waals surface area (Å²) >= 11 is 0. The van der Waals surface area contributed by atoms with Crippen LogP contribution in [0.1, 0.15) is 39.5 Å². The highest BCUT2D eigenvalue weighted by molar-refractivity contribution is 5.88. The van der Waals surface area contributed by atoms with Crippen molar-refractivity contribution < 1.29 is 19.5 Å². The maximum absolute atomic E-state index is 12.1. The molecule has 0 aromatic rings. The third kappa shape index (κ3) is 3.85. The minimum atomic E-state index is -1.19. The quantitative estimate of drug-likeness (QED) is 0.687. The van der Waals surface area contributed by atoms with Crippen LogP contribution < -0.4 is 10.6 Å². The van der Waals surface area contributed by atoms with Crippen LogP contribution in [0.25, 0.3) is 0 Å². The van der Waals surface area contributed by atoms with Gasteiger partial charge >= 0.3 is 12.0 Å². The Balaban J connectivity index is 2.56. The van der Waals surface area contributed by atoms with Gasteiger partial charge in [0.15, 0.2) is 0 Å². The van der Waals surface area contributed by atoms with Gasteiger partial charge in [-0.05, 0) is 32.6 Å². The Morgan fingerprint density at radius 3 is 2.55 bits per heavy atom. The van der Waals surface area contributed by atoms with Gasteiger partial charge in [-0.1, -0.05) is 6.92 Å². The van der Waals surface area contributed by atoms with E-state index in [1.807, 2.05) is 6.92 Å². The van der Waals surface area contributed by atoms with Crippen molar-refractivity contribution in [2.75, 3.05) is 19.6 Å². The molecule has 1 unspecified atom stereocenters. The molecule has 114 valence electrons. The van der Waals surface area contributed by atoms with Crippen LogP contribution in [0.15, 0.2) is 0 Å². The lowest BCUT2D eigenvalue weighted by Gasteiger charge is -2.41. The predicted molar refractivity (Wildman–Crippen MR) is 73.3 cm³/mol. The molecule has 3 N–H and O–H groups in total. The summed E-state index contributed by atoms with van der Waals surface area (Å²) in [6.07, 6.45) is 2.81. The zero-order valence-electron chi connectivity index (χ0n) is 12.1. The first-order valence-electron chi connectivity index (χ1n) is 6.97. The summed E-state index contributed by atoms with van der Waals surface area (Å²) < 4.78 is 0. The van der Waals surface area contributed by atoms with Gasteiger partial charge in [0, 0.05) is 13.1 Å². The molecular formula is C13H23N3O4. The number of piperidine rings is 1. The first kappa shape index (κ1) is 16.3. The van der Waals surface area contributed by atoms with Crippen LogP contribution in [0, 0.1) is 0 Å². The van der Waals surface area contributed by atoms with Crippen LogP contribution >= 0.6 is 0 Å². The van der Waals surface area contributed by atoms with Crippen LogP contribution in [0.2, 0.25) is 0 Å². The summed E-state index contributed by atoms with van der Waals surface area (Å²) in [7, 11) is 0. The van der Waals surface area contributed by atoms with Gasteiger partial charge in [-0.25, -0.2) is 9.59 Å². The summed E-state index contributed by atoms with van der Waals surface area (Å²) in [5.41, 5.74) is -1.19. The number of likely N-dealkylation sites (tertiary alicyclic amines) is 1. The minimum absolute atomic E-state index is 0.134. The van der Waals surface area contributed by atoms with Crippen molar-refractivity contribution in [3.63, 3.8) is 0 Å². The van der Waals surface area contributed by atoms with E-state index in [-0.39, 0.29) is 12.5 Å². The smallest absolute Gasteiger partial charge is 0.329 e. The highest BCUT2D eigenvalue weighted by Crippen LogP contribution is 2.28. The average Bonchev–Trinajstić information content (AvgIpc) is 2.42. The van der Waals surface area contributed by atoms with Crippen LogP contribution in [0.3, 0.4) is 0 Å². The molecule has 0 aliphatic carbocycles. The molecule has 1 fully saturated rings. The standard InChI is InChI=1S/C13H23N3O4/c1-3-7-14-10(17)9-15-12(20)16-8-5-4-6-13(16,2)11(18)19/h3-9H2,1-2H3,(H,14,17)(H,15,20)(H,18,19). The fraction of sp³-hybridized carbons (Fsp3) is 0.769. The van der Waals surface area contributed by atoms with E-state index in [1.165, 1.54) is 4.90 Å². The molecule has 1 saturated heterocycles. The molecular weight excluding hydrogens is 262 g/mol. The average molecular weight is 285 g/mol. The third-order valence-corrected chi connectivity index (χ3v) is 3.57. The fourth-order valence-electron chi connectivity index (χ4n) is 2.25. The van der Waals surface area contributed by atoms with E-state index >= 15 is 0 Å². The van der Waals surface area contributed by atoms with Gasteiger partial charge in [0.05, 0.1) is 6.54 Å². The van der Waals surface area contributed by atoms with Gasteiger partial charge in [0.2, 0.25) is 5.91 Å². The first-order valence-corrected chi connectivity index (χ1v) is 6.97. The van der Waals surface area contributed by atoms with E-state index in [0.29, 0.717) is 19.5 Å². The normalized spacial score (nSPS) is 22.2. The van der Waals surface area contributed by atoms with Crippen molar-refractivity contribution in [1.29, 1.82) is 0 Å². The van der Waals surface area contributed by atoms with Crippen LogP contribution in [-0.2, 0) is 9.59 Å². The molecule has 0 aromatic carbocycles. The Labute approximate surface area is 118 Å². The second kappa shape index (κ2) is 7.12.